The van der Waals surface area contributed by atoms with Gasteiger partial charge in [-0.05, 0) is 6.92 Å². The molecule has 0 heterocycles. The topological polar surface area (TPSA) is 85.2 Å². The van der Waals surface area contributed by atoms with Crippen molar-refractivity contribution in [1.82, 2.24) is 0 Å². The fourth-order valence-electron chi connectivity index (χ4n) is 0.313. The summed E-state index contributed by atoms with van der Waals surface area (Å²) in [5.74, 6) is 0. The van der Waals surface area contributed by atoms with Crippen molar-refractivity contribution in [2.75, 3.05) is 13.4 Å². The van der Waals surface area contributed by atoms with Gasteiger partial charge in [0.25, 0.3) is 0 Å². The molecule has 0 saturated carbocycles. The van der Waals surface area contributed by atoms with Crippen molar-refractivity contribution in [3.05, 3.63) is 0 Å². The van der Waals surface area contributed by atoms with Crippen LogP contribution in [0.5, 0.6) is 0 Å². The number of phosphoric ester groups is 1. The Labute approximate surface area is 86.3 Å². The van der Waals surface area contributed by atoms with E-state index in [-0.39, 0.29) is 36.2 Å². The molecule has 0 radical (unpaired) electrons. The second-order valence-electron chi connectivity index (χ2n) is 1.20. The van der Waals surface area contributed by atoms with Crippen LogP contribution >= 0.6 is 7.82 Å². The molecule has 0 saturated heterocycles. The van der Waals surface area contributed by atoms with Crippen LogP contribution in [0.2, 0.25) is 0 Å². The van der Waals surface area contributed by atoms with Crippen molar-refractivity contribution in [3.63, 3.8) is 0 Å². The number of phosphoric acid groups is 1. The minimum atomic E-state index is -3.89. The van der Waals surface area contributed by atoms with Gasteiger partial charge in [-0.25, -0.2) is 9.82 Å². The third-order valence-electron chi connectivity index (χ3n) is 0.603. The van der Waals surface area contributed by atoms with Gasteiger partial charge >= 0.3 is 37.4 Å². The molecule has 8 heteroatoms. The van der Waals surface area contributed by atoms with Gasteiger partial charge in [-0.1, -0.05) is 0 Å². The van der Waals surface area contributed by atoms with Gasteiger partial charge in [0, 0.05) is 0 Å². The molecule has 0 fully saturated rings. The van der Waals surface area contributed by atoms with Crippen LogP contribution in [0, 0.1) is 0 Å². The third kappa shape index (κ3) is 6.21. The summed E-state index contributed by atoms with van der Waals surface area (Å²) in [5.41, 5.74) is 0. The molecule has 0 spiro atoms. The Morgan fingerprint density at radius 1 is 1.45 bits per heavy atom. The Balaban J connectivity index is 0. The summed E-state index contributed by atoms with van der Waals surface area (Å²) in [4.78, 5) is 0. The van der Waals surface area contributed by atoms with Gasteiger partial charge < -0.3 is 5.11 Å². The van der Waals surface area contributed by atoms with E-state index in [0.717, 1.165) is 0 Å². The molecule has 0 amide bonds. The van der Waals surface area contributed by atoms with E-state index in [2.05, 4.69) is 13.7 Å². The molecule has 0 aliphatic rings. The van der Waals surface area contributed by atoms with Crippen molar-refractivity contribution >= 4 is 37.4 Å². The number of hydrogen-bond acceptors (Lipinski definition) is 6. The molecule has 2 N–H and O–H groups in total. The maximum absolute atomic E-state index is 10.7. The third-order valence-corrected chi connectivity index (χ3v) is 1.81. The number of aliphatic hydroxyl groups excluding tert-OH is 1. The van der Waals surface area contributed by atoms with Gasteiger partial charge in [0.2, 0.25) is 0 Å². The van der Waals surface area contributed by atoms with E-state index >= 15 is 0 Å². The molecule has 64 valence electrons. The van der Waals surface area contributed by atoms with E-state index < -0.39 is 14.6 Å². The Morgan fingerprint density at radius 3 is 2.27 bits per heavy atom. The molecule has 0 aromatic rings. The molecule has 0 aromatic heterocycles. The predicted molar refractivity (Wildman–Crippen MR) is 38.3 cm³/mol. The second kappa shape index (κ2) is 7.67. The van der Waals surface area contributed by atoms with Gasteiger partial charge in [-0.3, -0.25) is 9.05 Å². The summed E-state index contributed by atoms with van der Waals surface area (Å²) in [6.45, 7) is 0.752. The molecule has 11 heavy (non-hydrogen) atoms. The molecule has 0 bridgehead atoms. The summed E-state index contributed by atoms with van der Waals surface area (Å²) in [5, 5.41) is 16.0. The molecular formula is C3H10NaO6P. The van der Waals surface area contributed by atoms with Gasteiger partial charge in [0.15, 0.2) is 6.79 Å². The Bertz CT molecular complexity index is 119. The van der Waals surface area contributed by atoms with E-state index in [4.69, 9.17) is 10.4 Å². The zero-order chi connectivity index (χ0) is 8.04. The molecule has 1 atom stereocenters. The number of aliphatic hydroxyl groups is 1. The van der Waals surface area contributed by atoms with Crippen LogP contribution in [0.3, 0.4) is 0 Å². The molecule has 0 aliphatic heterocycles. The van der Waals surface area contributed by atoms with Crippen LogP contribution in [-0.4, -0.2) is 53.3 Å². The van der Waals surface area contributed by atoms with Crippen molar-refractivity contribution in [1.29, 1.82) is 0 Å². The fraction of sp³-hybridized carbons (Fsp3) is 1.00. The Kier molecular flexibility index (Phi) is 10.1. The van der Waals surface area contributed by atoms with E-state index in [1.165, 1.54) is 6.92 Å². The molecule has 0 aromatic carbocycles. The number of rotatable bonds is 5. The monoisotopic (exact) mass is 196 g/mol. The van der Waals surface area contributed by atoms with Crippen LogP contribution in [0.25, 0.3) is 0 Å². The SMILES string of the molecule is CCOP(=O)(OO)OCO.[NaH]. The first-order chi connectivity index (χ1) is 4.68. The summed E-state index contributed by atoms with van der Waals surface area (Å²) in [7, 11) is -3.89. The summed E-state index contributed by atoms with van der Waals surface area (Å²) < 4.78 is 22.4. The minimum absolute atomic E-state index is 0. The van der Waals surface area contributed by atoms with E-state index in [1.807, 2.05) is 0 Å². The van der Waals surface area contributed by atoms with Gasteiger partial charge in [-0.2, -0.15) is 0 Å². The number of hydrogen-bond donors (Lipinski definition) is 2. The van der Waals surface area contributed by atoms with Crippen molar-refractivity contribution < 1.29 is 28.7 Å². The molecule has 0 rings (SSSR count). The normalized spacial score (nSPS) is 15.2. The Morgan fingerprint density at radius 2 is 2.00 bits per heavy atom. The van der Waals surface area contributed by atoms with Crippen LogP contribution in [0.4, 0.5) is 0 Å². The molecule has 1 unspecified atom stereocenters. The zero-order valence-electron chi connectivity index (χ0n) is 5.39. The van der Waals surface area contributed by atoms with E-state index in [1.54, 1.807) is 0 Å². The molecule has 0 aliphatic carbocycles. The van der Waals surface area contributed by atoms with Crippen LogP contribution in [0.15, 0.2) is 0 Å². The van der Waals surface area contributed by atoms with Gasteiger partial charge in [0.05, 0.1) is 6.61 Å². The fourth-order valence-corrected chi connectivity index (χ4v) is 0.940. The predicted octanol–water partition coefficient (Wildman–Crippen LogP) is -0.0615. The zero-order valence-corrected chi connectivity index (χ0v) is 6.28. The van der Waals surface area contributed by atoms with Crippen molar-refractivity contribution in [3.8, 4) is 0 Å². The van der Waals surface area contributed by atoms with Gasteiger partial charge in [0.1, 0.15) is 0 Å². The first-order valence-corrected chi connectivity index (χ1v) is 3.97. The second-order valence-corrected chi connectivity index (χ2v) is 2.78. The first-order valence-electron chi connectivity index (χ1n) is 2.51. The van der Waals surface area contributed by atoms with Crippen molar-refractivity contribution in [2.45, 2.75) is 6.92 Å². The maximum atomic E-state index is 10.7. The summed E-state index contributed by atoms with van der Waals surface area (Å²) in [6, 6.07) is 0. The van der Waals surface area contributed by atoms with Crippen molar-refractivity contribution in [2.24, 2.45) is 0 Å². The average Bonchev–Trinajstić information content (AvgIpc) is 1.89. The summed E-state index contributed by atoms with van der Waals surface area (Å²) >= 11 is 0. The van der Waals surface area contributed by atoms with E-state index in [9.17, 15) is 4.57 Å². The van der Waals surface area contributed by atoms with Gasteiger partial charge in [-0.15, -0.1) is 4.67 Å². The average molecular weight is 196 g/mol. The van der Waals surface area contributed by atoms with Crippen LogP contribution < -0.4 is 0 Å². The van der Waals surface area contributed by atoms with Crippen LogP contribution in [-0.2, 0) is 18.3 Å². The molecule has 6 nitrogen and oxygen atoms in total. The first kappa shape index (κ1) is 14.5. The van der Waals surface area contributed by atoms with E-state index in [0.29, 0.717) is 0 Å². The van der Waals surface area contributed by atoms with Crippen LogP contribution in [0.1, 0.15) is 6.92 Å². The standard InChI is InChI=1S/C3H9O6P.Na.H/c1-2-7-10(6,9-5)8-3-4;;/h4-5H,2-3H2,1H3;;. The summed E-state index contributed by atoms with van der Waals surface area (Å²) in [6.07, 6.45) is 0. The quantitative estimate of drug-likeness (QED) is 0.210. The molecular weight excluding hydrogens is 186 g/mol. The Hall–Kier alpha value is 1.03.